The summed E-state index contributed by atoms with van der Waals surface area (Å²) < 4.78 is 2.06. The van der Waals surface area contributed by atoms with Gasteiger partial charge in [-0.05, 0) is 37.7 Å². The largest absolute Gasteiger partial charge is 0.365 e. The molecule has 1 N–H and O–H groups in total. The molecule has 4 nitrogen and oxygen atoms in total. The van der Waals surface area contributed by atoms with Gasteiger partial charge in [0.2, 0.25) is 5.78 Å². The molecule has 2 rings (SSSR count). The molecule has 0 saturated heterocycles. The van der Waals surface area contributed by atoms with Crippen molar-refractivity contribution >= 4 is 11.6 Å². The fourth-order valence-corrected chi connectivity index (χ4v) is 3.12. The Morgan fingerprint density at radius 2 is 1.86 bits per heavy atom. The first kappa shape index (κ1) is 15.8. The summed E-state index contributed by atoms with van der Waals surface area (Å²) in [4.78, 5) is 9.04. The summed E-state index contributed by atoms with van der Waals surface area (Å²) in [5, 5.41) is 3.71. The van der Waals surface area contributed by atoms with Gasteiger partial charge < -0.3 is 5.32 Å². The second-order valence-electron chi connectivity index (χ2n) is 8.04. The molecule has 0 unspecified atom stereocenters. The third kappa shape index (κ3) is 3.74. The van der Waals surface area contributed by atoms with Crippen molar-refractivity contribution < 1.29 is 0 Å². The van der Waals surface area contributed by atoms with Crippen molar-refractivity contribution in [2.45, 2.75) is 66.3 Å². The Balaban J connectivity index is 2.43. The highest BCUT2D eigenvalue weighted by atomic mass is 15.2. The Labute approximate surface area is 128 Å². The molecule has 0 aromatic carbocycles. The lowest BCUT2D eigenvalue weighted by Gasteiger charge is -2.34. The summed E-state index contributed by atoms with van der Waals surface area (Å²) in [6, 6.07) is 1.95. The first-order chi connectivity index (χ1) is 9.59. The van der Waals surface area contributed by atoms with Crippen LogP contribution in [0.3, 0.4) is 0 Å². The minimum absolute atomic E-state index is 0.00626. The molecule has 0 saturated carbocycles. The number of fused-ring (bicyclic) bond motifs is 1. The molecule has 0 spiro atoms. The predicted octanol–water partition coefficient (Wildman–Crippen LogP) is 4.48. The van der Waals surface area contributed by atoms with E-state index in [1.54, 1.807) is 6.20 Å². The Bertz CT molecular complexity index is 617. The minimum atomic E-state index is -0.00626. The lowest BCUT2D eigenvalue weighted by atomic mass is 9.82. The molecule has 0 aliphatic carbocycles. The molecule has 0 fully saturated rings. The van der Waals surface area contributed by atoms with Crippen molar-refractivity contribution in [1.82, 2.24) is 14.4 Å². The van der Waals surface area contributed by atoms with Crippen LogP contribution in [0.1, 0.15) is 66.5 Å². The van der Waals surface area contributed by atoms with E-state index in [-0.39, 0.29) is 11.0 Å². The Kier molecular flexibility index (Phi) is 4.00. The van der Waals surface area contributed by atoms with Crippen LogP contribution in [0.15, 0.2) is 18.5 Å². The van der Waals surface area contributed by atoms with Gasteiger partial charge in [0.05, 0.1) is 5.69 Å². The zero-order valence-corrected chi connectivity index (χ0v) is 14.4. The van der Waals surface area contributed by atoms with Crippen LogP contribution in [0, 0.1) is 5.41 Å². The summed E-state index contributed by atoms with van der Waals surface area (Å²) in [6.45, 7) is 15.7. The Hall–Kier alpha value is -1.58. The van der Waals surface area contributed by atoms with Gasteiger partial charge in [-0.15, -0.1) is 0 Å². The SMILES string of the molecule is CC(C)c1nc2ncccn2c1NC(C)(C)CC(C)(C)C. The second-order valence-corrected chi connectivity index (χ2v) is 8.04. The van der Waals surface area contributed by atoms with Crippen LogP contribution in [0.25, 0.3) is 5.78 Å². The zero-order chi connectivity index (χ0) is 15.8. The van der Waals surface area contributed by atoms with Crippen molar-refractivity contribution in [1.29, 1.82) is 0 Å². The van der Waals surface area contributed by atoms with Gasteiger partial charge >= 0.3 is 0 Å². The molecule has 2 aromatic heterocycles. The van der Waals surface area contributed by atoms with E-state index in [0.29, 0.717) is 5.92 Å². The monoisotopic (exact) mass is 288 g/mol. The highest BCUT2D eigenvalue weighted by Crippen LogP contribution is 2.32. The van der Waals surface area contributed by atoms with Crippen molar-refractivity contribution in [3.8, 4) is 0 Å². The first-order valence-corrected chi connectivity index (χ1v) is 7.70. The third-order valence-electron chi connectivity index (χ3n) is 3.41. The van der Waals surface area contributed by atoms with Crippen molar-refractivity contribution in [2.75, 3.05) is 5.32 Å². The van der Waals surface area contributed by atoms with Crippen LogP contribution >= 0.6 is 0 Å². The summed E-state index contributed by atoms with van der Waals surface area (Å²) in [7, 11) is 0. The molecule has 0 bridgehead atoms. The Morgan fingerprint density at radius 1 is 1.19 bits per heavy atom. The molecule has 2 aromatic rings. The number of rotatable bonds is 4. The second kappa shape index (κ2) is 5.32. The fraction of sp³-hybridized carbons (Fsp3) is 0.647. The van der Waals surface area contributed by atoms with Gasteiger partial charge in [-0.2, -0.15) is 0 Å². The van der Waals surface area contributed by atoms with Crippen LogP contribution in [0.2, 0.25) is 0 Å². The summed E-state index contributed by atoms with van der Waals surface area (Å²) in [5.41, 5.74) is 1.34. The number of anilines is 1. The third-order valence-corrected chi connectivity index (χ3v) is 3.41. The first-order valence-electron chi connectivity index (χ1n) is 7.70. The number of nitrogens with one attached hydrogen (secondary N) is 1. The molecule has 4 heteroatoms. The number of aromatic nitrogens is 3. The van der Waals surface area contributed by atoms with E-state index in [1.807, 2.05) is 12.3 Å². The normalized spacial score (nSPS) is 13.1. The lowest BCUT2D eigenvalue weighted by Crippen LogP contribution is -2.36. The standard InChI is InChI=1S/C17H28N4/c1-12(2)13-14(20-17(6,7)11-16(3,4)5)21-10-8-9-18-15(21)19-13/h8-10,12,20H,11H2,1-7H3. The topological polar surface area (TPSA) is 42.2 Å². The molecule has 21 heavy (non-hydrogen) atoms. The van der Waals surface area contributed by atoms with E-state index >= 15 is 0 Å². The molecular weight excluding hydrogens is 260 g/mol. The van der Waals surface area contributed by atoms with Crippen LogP contribution in [0.5, 0.6) is 0 Å². The molecule has 0 amide bonds. The van der Waals surface area contributed by atoms with E-state index in [4.69, 9.17) is 0 Å². The van der Waals surface area contributed by atoms with E-state index < -0.39 is 0 Å². The maximum Gasteiger partial charge on any atom is 0.235 e. The van der Waals surface area contributed by atoms with Crippen molar-refractivity contribution in [2.24, 2.45) is 5.41 Å². The van der Waals surface area contributed by atoms with Crippen LogP contribution in [0.4, 0.5) is 5.82 Å². The van der Waals surface area contributed by atoms with Gasteiger partial charge in [0.1, 0.15) is 5.82 Å². The minimum Gasteiger partial charge on any atom is -0.365 e. The number of nitrogens with zero attached hydrogens (tertiary/aromatic N) is 3. The van der Waals surface area contributed by atoms with E-state index in [0.717, 1.165) is 23.7 Å². The van der Waals surface area contributed by atoms with Gasteiger partial charge in [-0.25, -0.2) is 9.97 Å². The lowest BCUT2D eigenvalue weighted by molar-refractivity contribution is 0.301. The fourth-order valence-electron chi connectivity index (χ4n) is 3.12. The number of hydrogen-bond acceptors (Lipinski definition) is 3. The zero-order valence-electron chi connectivity index (χ0n) is 14.4. The molecule has 0 aliphatic heterocycles. The van der Waals surface area contributed by atoms with Gasteiger partial charge in [-0.3, -0.25) is 4.40 Å². The van der Waals surface area contributed by atoms with Crippen molar-refractivity contribution in [3.05, 3.63) is 24.2 Å². The van der Waals surface area contributed by atoms with Gasteiger partial charge in [0, 0.05) is 17.9 Å². The summed E-state index contributed by atoms with van der Waals surface area (Å²) >= 11 is 0. The van der Waals surface area contributed by atoms with Gasteiger partial charge in [0.15, 0.2) is 0 Å². The maximum atomic E-state index is 4.68. The predicted molar refractivity (Wildman–Crippen MR) is 88.8 cm³/mol. The van der Waals surface area contributed by atoms with Gasteiger partial charge in [0.25, 0.3) is 0 Å². The number of hydrogen-bond donors (Lipinski definition) is 1. The average molecular weight is 288 g/mol. The Morgan fingerprint density at radius 3 is 2.43 bits per heavy atom. The molecule has 0 atom stereocenters. The molecule has 2 heterocycles. The van der Waals surface area contributed by atoms with E-state index in [2.05, 4.69) is 68.2 Å². The number of imidazole rings is 1. The van der Waals surface area contributed by atoms with Crippen molar-refractivity contribution in [3.63, 3.8) is 0 Å². The summed E-state index contributed by atoms with van der Waals surface area (Å²) in [6.07, 6.45) is 4.89. The van der Waals surface area contributed by atoms with Gasteiger partial charge in [-0.1, -0.05) is 34.6 Å². The highest BCUT2D eigenvalue weighted by molar-refractivity contribution is 5.54. The molecule has 0 aliphatic rings. The summed E-state index contributed by atoms with van der Waals surface area (Å²) in [5.74, 6) is 2.19. The van der Waals surface area contributed by atoms with Crippen LogP contribution in [-0.4, -0.2) is 19.9 Å². The smallest absolute Gasteiger partial charge is 0.235 e. The van der Waals surface area contributed by atoms with E-state index in [1.165, 1.54) is 0 Å². The van der Waals surface area contributed by atoms with Crippen LogP contribution < -0.4 is 5.32 Å². The average Bonchev–Trinajstić information content (AvgIpc) is 2.65. The molecular formula is C17H28N4. The highest BCUT2D eigenvalue weighted by Gasteiger charge is 2.28. The quantitative estimate of drug-likeness (QED) is 0.902. The van der Waals surface area contributed by atoms with E-state index in [9.17, 15) is 0 Å². The van der Waals surface area contributed by atoms with Crippen LogP contribution in [-0.2, 0) is 0 Å². The molecule has 116 valence electrons. The maximum absolute atomic E-state index is 4.68. The molecule has 0 radical (unpaired) electrons.